The Bertz CT molecular complexity index is 427. The Morgan fingerprint density at radius 1 is 1.38 bits per heavy atom. The second-order valence-electron chi connectivity index (χ2n) is 3.31. The quantitative estimate of drug-likeness (QED) is 0.776. The van der Waals surface area contributed by atoms with Gasteiger partial charge in [-0.2, -0.15) is 0 Å². The van der Waals surface area contributed by atoms with Crippen LogP contribution in [-0.4, -0.2) is 23.1 Å². The molecule has 0 unspecified atom stereocenters. The molecular weight excluding hydrogens is 220 g/mol. The summed E-state index contributed by atoms with van der Waals surface area (Å²) < 4.78 is 0. The molecule has 0 fully saturated rings. The predicted molar refractivity (Wildman–Crippen MR) is 67.5 cm³/mol. The van der Waals surface area contributed by atoms with Crippen molar-refractivity contribution in [2.75, 3.05) is 18.4 Å². The zero-order chi connectivity index (χ0) is 11.2. The first-order chi connectivity index (χ1) is 7.90. The molecule has 0 atom stereocenters. The number of hydrogen-bond donors (Lipinski definition) is 2. The van der Waals surface area contributed by atoms with Crippen molar-refractivity contribution in [1.82, 2.24) is 9.97 Å². The summed E-state index contributed by atoms with van der Waals surface area (Å²) in [5.74, 6) is 0.666. The molecule has 0 spiro atoms. The predicted octanol–water partition coefficient (Wildman–Crippen LogP) is 1.97. The van der Waals surface area contributed by atoms with Crippen LogP contribution in [0.1, 0.15) is 6.42 Å². The molecule has 0 saturated heterocycles. The summed E-state index contributed by atoms with van der Waals surface area (Å²) in [6.07, 6.45) is 2.69. The second-order valence-corrected chi connectivity index (χ2v) is 4.26. The van der Waals surface area contributed by atoms with E-state index in [0.717, 1.165) is 23.5 Å². The monoisotopic (exact) mass is 234 g/mol. The van der Waals surface area contributed by atoms with Crippen LogP contribution in [0.2, 0.25) is 0 Å². The van der Waals surface area contributed by atoms with Crippen LogP contribution in [0.3, 0.4) is 0 Å². The summed E-state index contributed by atoms with van der Waals surface area (Å²) in [7, 11) is 0. The van der Waals surface area contributed by atoms with Gasteiger partial charge in [0.1, 0.15) is 0 Å². The third-order valence-electron chi connectivity index (χ3n) is 2.09. The van der Waals surface area contributed by atoms with E-state index >= 15 is 0 Å². The molecule has 84 valence electrons. The van der Waals surface area contributed by atoms with E-state index in [2.05, 4.69) is 21.4 Å². The third kappa shape index (κ3) is 2.77. The molecular formula is C11H14N4S. The summed E-state index contributed by atoms with van der Waals surface area (Å²) in [4.78, 5) is 9.75. The van der Waals surface area contributed by atoms with E-state index in [1.54, 1.807) is 17.5 Å². The molecule has 0 saturated carbocycles. The van der Waals surface area contributed by atoms with E-state index in [1.807, 2.05) is 17.5 Å². The van der Waals surface area contributed by atoms with E-state index in [0.29, 0.717) is 12.5 Å². The first-order valence-corrected chi connectivity index (χ1v) is 6.09. The fraction of sp³-hybridized carbons (Fsp3) is 0.273. The number of rotatable bonds is 5. The number of anilines is 1. The average Bonchev–Trinajstić information content (AvgIpc) is 2.83. The van der Waals surface area contributed by atoms with Crippen LogP contribution in [0.15, 0.2) is 29.8 Å². The first-order valence-electron chi connectivity index (χ1n) is 5.21. The number of nitrogens with two attached hydrogens (primary N) is 1. The Hall–Kier alpha value is -1.46. The minimum atomic E-state index is 0.666. The van der Waals surface area contributed by atoms with Crippen molar-refractivity contribution in [3.05, 3.63) is 29.8 Å². The van der Waals surface area contributed by atoms with Gasteiger partial charge < -0.3 is 11.1 Å². The molecule has 2 rings (SSSR count). The van der Waals surface area contributed by atoms with E-state index in [-0.39, 0.29) is 0 Å². The van der Waals surface area contributed by atoms with Crippen molar-refractivity contribution in [1.29, 1.82) is 0 Å². The van der Waals surface area contributed by atoms with Crippen molar-refractivity contribution < 1.29 is 0 Å². The van der Waals surface area contributed by atoms with Crippen LogP contribution in [0.25, 0.3) is 10.6 Å². The number of nitrogens with zero attached hydrogens (tertiary/aromatic N) is 2. The van der Waals surface area contributed by atoms with Crippen LogP contribution in [0.5, 0.6) is 0 Å². The summed E-state index contributed by atoms with van der Waals surface area (Å²) >= 11 is 1.68. The minimum absolute atomic E-state index is 0.666. The lowest BCUT2D eigenvalue weighted by atomic mass is 10.3. The number of nitrogens with one attached hydrogen (secondary N) is 1. The molecule has 5 heteroatoms. The van der Waals surface area contributed by atoms with E-state index in [4.69, 9.17) is 5.73 Å². The molecule has 3 N–H and O–H groups in total. The van der Waals surface area contributed by atoms with Gasteiger partial charge in [0.25, 0.3) is 0 Å². The van der Waals surface area contributed by atoms with Crippen LogP contribution >= 0.6 is 11.3 Å². The topological polar surface area (TPSA) is 63.8 Å². The van der Waals surface area contributed by atoms with E-state index in [9.17, 15) is 0 Å². The molecule has 2 aromatic heterocycles. The second kappa shape index (κ2) is 5.58. The van der Waals surface area contributed by atoms with Crippen molar-refractivity contribution in [2.24, 2.45) is 5.73 Å². The van der Waals surface area contributed by atoms with Gasteiger partial charge in [-0.3, -0.25) is 0 Å². The van der Waals surface area contributed by atoms with Crippen LogP contribution in [0, 0.1) is 0 Å². The SMILES string of the molecule is NCCCNc1nccc(-c2cccs2)n1. The first kappa shape index (κ1) is 11.0. The lowest BCUT2D eigenvalue weighted by Gasteiger charge is -2.04. The lowest BCUT2D eigenvalue weighted by Crippen LogP contribution is -2.10. The van der Waals surface area contributed by atoms with Gasteiger partial charge in [-0.05, 0) is 30.5 Å². The number of thiophene rings is 1. The molecule has 0 aliphatic carbocycles. The van der Waals surface area contributed by atoms with Crippen LogP contribution < -0.4 is 11.1 Å². The fourth-order valence-corrected chi connectivity index (χ4v) is 2.00. The van der Waals surface area contributed by atoms with Gasteiger partial charge in [-0.1, -0.05) is 6.07 Å². The van der Waals surface area contributed by atoms with Gasteiger partial charge in [0.05, 0.1) is 10.6 Å². The molecule has 0 aliphatic heterocycles. The molecule has 0 aliphatic rings. The third-order valence-corrected chi connectivity index (χ3v) is 2.99. The van der Waals surface area contributed by atoms with Crippen molar-refractivity contribution in [2.45, 2.75) is 6.42 Å². The highest BCUT2D eigenvalue weighted by atomic mass is 32.1. The molecule has 0 bridgehead atoms. The van der Waals surface area contributed by atoms with Gasteiger partial charge in [-0.25, -0.2) is 9.97 Å². The Morgan fingerprint density at radius 3 is 3.06 bits per heavy atom. The largest absolute Gasteiger partial charge is 0.354 e. The van der Waals surface area contributed by atoms with Gasteiger partial charge >= 0.3 is 0 Å². The molecule has 0 amide bonds. The summed E-state index contributed by atoms with van der Waals surface area (Å²) in [6.45, 7) is 1.49. The van der Waals surface area contributed by atoms with Crippen LogP contribution in [0.4, 0.5) is 5.95 Å². The Balaban J connectivity index is 2.08. The Kier molecular flexibility index (Phi) is 3.85. The normalized spacial score (nSPS) is 10.3. The Morgan fingerprint density at radius 2 is 2.31 bits per heavy atom. The van der Waals surface area contributed by atoms with Crippen LogP contribution in [-0.2, 0) is 0 Å². The highest BCUT2D eigenvalue weighted by molar-refractivity contribution is 7.13. The lowest BCUT2D eigenvalue weighted by molar-refractivity contribution is 0.864. The summed E-state index contributed by atoms with van der Waals surface area (Å²) in [6, 6.07) is 5.99. The maximum atomic E-state index is 5.42. The van der Waals surface area contributed by atoms with Gasteiger partial charge in [-0.15, -0.1) is 11.3 Å². The highest BCUT2D eigenvalue weighted by Gasteiger charge is 2.01. The highest BCUT2D eigenvalue weighted by Crippen LogP contribution is 2.22. The minimum Gasteiger partial charge on any atom is -0.354 e. The fourth-order valence-electron chi connectivity index (χ4n) is 1.31. The average molecular weight is 234 g/mol. The maximum Gasteiger partial charge on any atom is 0.223 e. The standard InChI is InChI=1S/C11H14N4S/c12-5-2-6-13-11-14-7-4-9(15-11)10-3-1-8-16-10/h1,3-4,7-8H,2,5-6,12H2,(H,13,14,15). The number of hydrogen-bond acceptors (Lipinski definition) is 5. The zero-order valence-electron chi connectivity index (χ0n) is 8.89. The van der Waals surface area contributed by atoms with E-state index < -0.39 is 0 Å². The zero-order valence-corrected chi connectivity index (χ0v) is 9.70. The van der Waals surface area contributed by atoms with Crippen molar-refractivity contribution >= 4 is 17.3 Å². The Labute approximate surface area is 98.6 Å². The molecule has 0 radical (unpaired) electrons. The van der Waals surface area contributed by atoms with Gasteiger partial charge in [0.15, 0.2) is 0 Å². The van der Waals surface area contributed by atoms with Gasteiger partial charge in [0, 0.05) is 12.7 Å². The molecule has 2 heterocycles. The smallest absolute Gasteiger partial charge is 0.223 e. The molecule has 4 nitrogen and oxygen atoms in total. The molecule has 16 heavy (non-hydrogen) atoms. The summed E-state index contributed by atoms with van der Waals surface area (Å²) in [5.41, 5.74) is 6.38. The van der Waals surface area contributed by atoms with Gasteiger partial charge in [0.2, 0.25) is 5.95 Å². The molecule has 2 aromatic rings. The summed E-state index contributed by atoms with van der Waals surface area (Å²) in [5, 5.41) is 5.19. The number of aromatic nitrogens is 2. The van der Waals surface area contributed by atoms with E-state index in [1.165, 1.54) is 0 Å². The van der Waals surface area contributed by atoms with Crippen molar-refractivity contribution in [3.63, 3.8) is 0 Å². The molecule has 0 aromatic carbocycles. The maximum absolute atomic E-state index is 5.42. The van der Waals surface area contributed by atoms with Crippen molar-refractivity contribution in [3.8, 4) is 10.6 Å².